The van der Waals surface area contributed by atoms with E-state index in [1.807, 2.05) is 30.5 Å². The highest BCUT2D eigenvalue weighted by Crippen LogP contribution is 2.32. The van der Waals surface area contributed by atoms with E-state index in [2.05, 4.69) is 26.2 Å². The highest BCUT2D eigenvalue weighted by molar-refractivity contribution is 9.10. The molecule has 1 N–H and O–H groups in total. The van der Waals surface area contributed by atoms with Crippen molar-refractivity contribution >= 4 is 38.3 Å². The minimum atomic E-state index is -0.204. The number of hydrogen-bond acceptors (Lipinski definition) is 5. The first-order valence-electron chi connectivity index (χ1n) is 7.94. The van der Waals surface area contributed by atoms with Gasteiger partial charge in [0.2, 0.25) is 0 Å². The number of amides is 1. The first-order valence-corrected chi connectivity index (χ1v) is 9.61. The second kappa shape index (κ2) is 8.33. The molecule has 0 saturated carbocycles. The first kappa shape index (κ1) is 18.4. The molecule has 0 saturated heterocycles. The Hall–Kier alpha value is -2.38. The van der Waals surface area contributed by atoms with Crippen LogP contribution in [0.4, 0.5) is 5.13 Å². The summed E-state index contributed by atoms with van der Waals surface area (Å²) in [5.74, 6) is 1.29. The van der Waals surface area contributed by atoms with Crippen molar-refractivity contribution in [2.24, 2.45) is 0 Å². The van der Waals surface area contributed by atoms with Gasteiger partial charge in [-0.15, -0.1) is 11.3 Å². The third kappa shape index (κ3) is 4.23. The lowest BCUT2D eigenvalue weighted by molar-refractivity contribution is 0.102. The third-order valence-corrected chi connectivity index (χ3v) is 4.98. The maximum absolute atomic E-state index is 12.4. The monoisotopic (exact) mass is 432 g/mol. The second-order valence-electron chi connectivity index (χ2n) is 5.30. The van der Waals surface area contributed by atoms with E-state index in [0.29, 0.717) is 17.3 Å². The van der Waals surface area contributed by atoms with Crippen LogP contribution in [-0.2, 0) is 0 Å². The maximum Gasteiger partial charge on any atom is 0.257 e. The predicted molar refractivity (Wildman–Crippen MR) is 107 cm³/mol. The molecule has 0 aliphatic carbocycles. The molecule has 0 unspecified atom stereocenters. The van der Waals surface area contributed by atoms with Crippen LogP contribution in [0.1, 0.15) is 17.3 Å². The van der Waals surface area contributed by atoms with Crippen molar-refractivity contribution < 1.29 is 14.3 Å². The summed E-state index contributed by atoms with van der Waals surface area (Å²) in [6, 6.07) is 12.8. The van der Waals surface area contributed by atoms with Gasteiger partial charge in [0.05, 0.1) is 23.9 Å². The van der Waals surface area contributed by atoms with E-state index in [1.165, 1.54) is 11.3 Å². The van der Waals surface area contributed by atoms with Crippen LogP contribution in [-0.4, -0.2) is 24.6 Å². The Morgan fingerprint density at radius 3 is 2.65 bits per heavy atom. The van der Waals surface area contributed by atoms with Gasteiger partial charge in [-0.3, -0.25) is 10.1 Å². The molecule has 0 fully saturated rings. The number of thiazole rings is 1. The molecule has 3 aromatic rings. The molecular weight excluding hydrogens is 416 g/mol. The Labute approximate surface area is 164 Å². The highest BCUT2D eigenvalue weighted by atomic mass is 79.9. The summed E-state index contributed by atoms with van der Waals surface area (Å²) in [4.78, 5) is 16.8. The fourth-order valence-electron chi connectivity index (χ4n) is 2.33. The van der Waals surface area contributed by atoms with E-state index in [9.17, 15) is 4.79 Å². The number of nitrogens with zero attached hydrogens (tertiary/aromatic N) is 1. The summed E-state index contributed by atoms with van der Waals surface area (Å²) in [6.45, 7) is 2.51. The van der Waals surface area contributed by atoms with Gasteiger partial charge >= 0.3 is 0 Å². The number of hydrogen-bond donors (Lipinski definition) is 1. The molecule has 0 spiro atoms. The number of benzene rings is 2. The minimum Gasteiger partial charge on any atom is -0.496 e. The Morgan fingerprint density at radius 2 is 2.00 bits per heavy atom. The Kier molecular flexibility index (Phi) is 5.90. The van der Waals surface area contributed by atoms with E-state index in [1.54, 1.807) is 31.4 Å². The Bertz CT molecular complexity index is 909. The number of carbonyl (C=O) groups excluding carboxylic acids is 1. The summed E-state index contributed by atoms with van der Waals surface area (Å²) >= 11 is 4.85. The van der Waals surface area contributed by atoms with Crippen molar-refractivity contribution in [3.05, 3.63) is 57.9 Å². The van der Waals surface area contributed by atoms with E-state index in [-0.39, 0.29) is 5.91 Å². The van der Waals surface area contributed by atoms with Gasteiger partial charge in [-0.05, 0) is 65.3 Å². The zero-order valence-corrected chi connectivity index (χ0v) is 16.7. The molecule has 1 amide bonds. The molecule has 3 rings (SSSR count). The minimum absolute atomic E-state index is 0.204. The first-order chi connectivity index (χ1) is 12.6. The number of anilines is 1. The number of aromatic nitrogens is 1. The number of methoxy groups -OCH3 is 1. The van der Waals surface area contributed by atoms with E-state index in [0.717, 1.165) is 27.2 Å². The molecule has 0 atom stereocenters. The molecule has 134 valence electrons. The molecule has 1 heterocycles. The number of rotatable bonds is 6. The zero-order chi connectivity index (χ0) is 18.5. The molecule has 0 aliphatic rings. The second-order valence-corrected chi connectivity index (χ2v) is 7.01. The normalized spacial score (nSPS) is 10.4. The quantitative estimate of drug-likeness (QED) is 0.578. The van der Waals surface area contributed by atoms with Crippen LogP contribution in [0.25, 0.3) is 11.3 Å². The van der Waals surface area contributed by atoms with Gasteiger partial charge in [0.15, 0.2) is 5.13 Å². The fourth-order valence-corrected chi connectivity index (χ4v) is 3.58. The fraction of sp³-hybridized carbons (Fsp3) is 0.158. The Balaban J connectivity index is 1.71. The maximum atomic E-state index is 12.4. The molecular formula is C19H17BrN2O3S. The van der Waals surface area contributed by atoms with Crippen LogP contribution < -0.4 is 14.8 Å². The van der Waals surface area contributed by atoms with Crippen LogP contribution in [0.3, 0.4) is 0 Å². The summed E-state index contributed by atoms with van der Waals surface area (Å²) in [6.07, 6.45) is 0. The van der Waals surface area contributed by atoms with Crippen molar-refractivity contribution in [3.8, 4) is 22.8 Å². The summed E-state index contributed by atoms with van der Waals surface area (Å²) in [7, 11) is 1.62. The molecule has 5 nitrogen and oxygen atoms in total. The Morgan fingerprint density at radius 1 is 1.23 bits per heavy atom. The van der Waals surface area contributed by atoms with E-state index < -0.39 is 0 Å². The average Bonchev–Trinajstić information content (AvgIpc) is 3.11. The van der Waals surface area contributed by atoms with Crippen molar-refractivity contribution in [2.45, 2.75) is 6.92 Å². The van der Waals surface area contributed by atoms with Crippen molar-refractivity contribution in [3.63, 3.8) is 0 Å². The lowest BCUT2D eigenvalue weighted by atomic mass is 10.2. The van der Waals surface area contributed by atoms with E-state index in [4.69, 9.17) is 9.47 Å². The highest BCUT2D eigenvalue weighted by Gasteiger charge is 2.11. The molecule has 1 aromatic heterocycles. The molecule has 7 heteroatoms. The number of nitrogens with one attached hydrogen (secondary N) is 1. The molecule has 0 aliphatic heterocycles. The van der Waals surface area contributed by atoms with Gasteiger partial charge in [0, 0.05) is 16.5 Å². The smallest absolute Gasteiger partial charge is 0.257 e. The third-order valence-electron chi connectivity index (χ3n) is 3.60. The number of carbonyl (C=O) groups is 1. The van der Waals surface area contributed by atoms with Crippen LogP contribution in [0.2, 0.25) is 0 Å². The standard InChI is InChI=1S/C19H17BrN2O3S/c1-3-25-14-7-4-12(5-8-14)18(23)22-19-21-16(11-26-19)13-6-9-17(24-2)15(20)10-13/h4-11H,3H2,1-2H3,(H,21,22,23). The summed E-state index contributed by atoms with van der Waals surface area (Å²) in [5.41, 5.74) is 2.29. The van der Waals surface area contributed by atoms with Crippen LogP contribution >= 0.6 is 27.3 Å². The molecule has 2 aromatic carbocycles. The summed E-state index contributed by atoms with van der Waals surface area (Å²) < 4.78 is 11.5. The average molecular weight is 433 g/mol. The van der Waals surface area contributed by atoms with Crippen molar-refractivity contribution in [1.82, 2.24) is 4.98 Å². The lowest BCUT2D eigenvalue weighted by Gasteiger charge is -2.05. The molecule has 0 radical (unpaired) electrons. The van der Waals surface area contributed by atoms with Gasteiger partial charge in [0.1, 0.15) is 11.5 Å². The zero-order valence-electron chi connectivity index (χ0n) is 14.3. The van der Waals surface area contributed by atoms with Gasteiger partial charge in [-0.1, -0.05) is 0 Å². The predicted octanol–water partition coefficient (Wildman–Crippen LogP) is 5.23. The van der Waals surface area contributed by atoms with Gasteiger partial charge in [-0.25, -0.2) is 4.98 Å². The number of halogens is 1. The van der Waals surface area contributed by atoms with Crippen LogP contribution in [0.5, 0.6) is 11.5 Å². The summed E-state index contributed by atoms with van der Waals surface area (Å²) in [5, 5.41) is 5.28. The topological polar surface area (TPSA) is 60.5 Å². The van der Waals surface area contributed by atoms with Gasteiger partial charge < -0.3 is 9.47 Å². The van der Waals surface area contributed by atoms with Crippen LogP contribution in [0, 0.1) is 0 Å². The van der Waals surface area contributed by atoms with E-state index >= 15 is 0 Å². The largest absolute Gasteiger partial charge is 0.496 e. The number of ether oxygens (including phenoxy) is 2. The SMILES string of the molecule is CCOc1ccc(C(=O)Nc2nc(-c3ccc(OC)c(Br)c3)cs2)cc1. The van der Waals surface area contributed by atoms with Crippen molar-refractivity contribution in [2.75, 3.05) is 19.0 Å². The van der Waals surface area contributed by atoms with Crippen molar-refractivity contribution in [1.29, 1.82) is 0 Å². The van der Waals surface area contributed by atoms with Gasteiger partial charge in [-0.2, -0.15) is 0 Å². The molecule has 26 heavy (non-hydrogen) atoms. The van der Waals surface area contributed by atoms with Gasteiger partial charge in [0.25, 0.3) is 5.91 Å². The lowest BCUT2D eigenvalue weighted by Crippen LogP contribution is -2.11. The molecule has 0 bridgehead atoms. The van der Waals surface area contributed by atoms with Crippen LogP contribution in [0.15, 0.2) is 52.3 Å².